The zero-order chi connectivity index (χ0) is 22.8. The van der Waals surface area contributed by atoms with Crippen molar-refractivity contribution in [2.75, 3.05) is 24.5 Å². The number of aliphatic carboxylic acids is 1. The summed E-state index contributed by atoms with van der Waals surface area (Å²) < 4.78 is 0. The van der Waals surface area contributed by atoms with E-state index >= 15 is 0 Å². The first kappa shape index (κ1) is 23.3. The average Bonchev–Trinajstić information content (AvgIpc) is 2.71. The van der Waals surface area contributed by atoms with Gasteiger partial charge in [0.15, 0.2) is 0 Å². The van der Waals surface area contributed by atoms with E-state index in [0.29, 0.717) is 0 Å². The lowest BCUT2D eigenvalue weighted by Gasteiger charge is -2.33. The second kappa shape index (κ2) is 8.99. The Labute approximate surface area is 186 Å². The summed E-state index contributed by atoms with van der Waals surface area (Å²) in [7, 11) is 0. The van der Waals surface area contributed by atoms with Crippen molar-refractivity contribution in [3.8, 4) is 11.3 Å². The Morgan fingerprint density at radius 3 is 2.26 bits per heavy atom. The van der Waals surface area contributed by atoms with Gasteiger partial charge in [-0.1, -0.05) is 59.7 Å². The number of carboxylic acids is 1. The Morgan fingerprint density at radius 1 is 1.03 bits per heavy atom. The lowest BCUT2D eigenvalue weighted by atomic mass is 9.74. The quantitative estimate of drug-likeness (QED) is 0.709. The van der Waals surface area contributed by atoms with Gasteiger partial charge in [-0.3, -0.25) is 4.79 Å². The Morgan fingerprint density at radius 2 is 1.68 bits per heavy atom. The molecule has 0 radical (unpaired) electrons. The van der Waals surface area contributed by atoms with Crippen LogP contribution in [0.2, 0.25) is 0 Å². The monoisotopic (exact) mass is 423 g/mol. The minimum absolute atomic E-state index is 0.0269. The molecule has 5 nitrogen and oxygen atoms in total. The minimum Gasteiger partial charge on any atom is -0.480 e. The number of hydrogen-bond donors (Lipinski definition) is 2. The minimum atomic E-state index is -0.802. The number of nitrogens with zero attached hydrogens (tertiary/aromatic N) is 2. The van der Waals surface area contributed by atoms with Gasteiger partial charge in [-0.05, 0) is 53.0 Å². The van der Waals surface area contributed by atoms with E-state index < -0.39 is 5.97 Å². The van der Waals surface area contributed by atoms with Crippen molar-refractivity contribution >= 4 is 11.8 Å². The molecule has 0 spiro atoms. The molecule has 5 heteroatoms. The third kappa shape index (κ3) is 5.85. The fraction of sp³-hybridized carbons (Fsp3) is 0.538. The Kier molecular flexibility index (Phi) is 6.75. The molecule has 0 bridgehead atoms. The van der Waals surface area contributed by atoms with Gasteiger partial charge in [0.05, 0.1) is 12.2 Å². The van der Waals surface area contributed by atoms with Crippen molar-refractivity contribution in [2.24, 2.45) is 0 Å². The van der Waals surface area contributed by atoms with Crippen LogP contribution in [-0.2, 0) is 15.6 Å². The smallest absolute Gasteiger partial charge is 0.317 e. The Hall–Kier alpha value is -2.40. The summed E-state index contributed by atoms with van der Waals surface area (Å²) in [5, 5.41) is 12.0. The van der Waals surface area contributed by atoms with Crippen LogP contribution in [0.4, 0.5) is 5.82 Å². The fourth-order valence-electron chi connectivity index (χ4n) is 4.28. The molecule has 0 aliphatic carbocycles. The third-order valence-electron chi connectivity index (χ3n) is 6.03. The van der Waals surface area contributed by atoms with Gasteiger partial charge in [0.2, 0.25) is 0 Å². The maximum absolute atomic E-state index is 10.8. The van der Waals surface area contributed by atoms with Gasteiger partial charge >= 0.3 is 5.97 Å². The molecule has 1 aliphatic heterocycles. The number of pyridine rings is 1. The van der Waals surface area contributed by atoms with Gasteiger partial charge in [-0.2, -0.15) is 0 Å². The molecule has 0 amide bonds. The molecule has 1 saturated heterocycles. The van der Waals surface area contributed by atoms with Crippen molar-refractivity contribution in [1.29, 1.82) is 0 Å². The molecule has 2 aromatic rings. The average molecular weight is 424 g/mol. The highest BCUT2D eigenvalue weighted by Gasteiger charge is 2.26. The topological polar surface area (TPSA) is 65.5 Å². The lowest BCUT2D eigenvalue weighted by molar-refractivity contribution is -0.136. The number of hydrogen-bond acceptors (Lipinski definition) is 4. The summed E-state index contributed by atoms with van der Waals surface area (Å²) in [6, 6.07) is 13.3. The van der Waals surface area contributed by atoms with Crippen LogP contribution in [0, 0.1) is 0 Å². The molecule has 1 aliphatic rings. The maximum atomic E-state index is 10.8. The second-order valence-corrected chi connectivity index (χ2v) is 10.7. The largest absolute Gasteiger partial charge is 0.480 e. The maximum Gasteiger partial charge on any atom is 0.317 e. The van der Waals surface area contributed by atoms with Crippen LogP contribution in [0.15, 0.2) is 36.4 Å². The van der Waals surface area contributed by atoms with Crippen LogP contribution in [0.5, 0.6) is 0 Å². The van der Waals surface area contributed by atoms with E-state index in [9.17, 15) is 4.79 Å². The van der Waals surface area contributed by atoms with Crippen molar-refractivity contribution < 1.29 is 9.90 Å². The van der Waals surface area contributed by atoms with Gasteiger partial charge in [0, 0.05) is 24.7 Å². The van der Waals surface area contributed by atoms with Gasteiger partial charge in [-0.25, -0.2) is 4.98 Å². The molecule has 2 heterocycles. The van der Waals surface area contributed by atoms with Crippen molar-refractivity contribution in [2.45, 2.75) is 71.3 Å². The van der Waals surface area contributed by atoms with E-state index in [4.69, 9.17) is 10.1 Å². The third-order valence-corrected chi connectivity index (χ3v) is 6.03. The van der Waals surface area contributed by atoms with Crippen molar-refractivity contribution in [1.82, 2.24) is 10.3 Å². The molecule has 0 unspecified atom stereocenters. The van der Waals surface area contributed by atoms with E-state index in [0.717, 1.165) is 43.0 Å². The van der Waals surface area contributed by atoms with Crippen molar-refractivity contribution in [3.63, 3.8) is 0 Å². The summed E-state index contributed by atoms with van der Waals surface area (Å²) >= 11 is 0. The number of anilines is 1. The van der Waals surface area contributed by atoms with E-state index in [1.54, 1.807) is 0 Å². The standard InChI is InChI=1S/C26H37N3O2/c1-25(2,3)20-11-10-18(16-21(20)26(4,5)6)22-8-7-9-23(28-22)29-14-12-19(13-15-29)27-17-24(30)31/h7-11,16,19,27H,12-15,17H2,1-6H3,(H,30,31). The molecule has 168 valence electrons. The van der Waals surface area contributed by atoms with Crippen LogP contribution in [-0.4, -0.2) is 41.7 Å². The first-order valence-corrected chi connectivity index (χ1v) is 11.3. The summed E-state index contributed by atoms with van der Waals surface area (Å²) in [6.07, 6.45) is 1.85. The van der Waals surface area contributed by atoms with Crippen LogP contribution in [0.1, 0.15) is 65.5 Å². The number of carbonyl (C=O) groups is 1. The van der Waals surface area contributed by atoms with E-state index in [2.05, 4.69) is 88.2 Å². The summed E-state index contributed by atoms with van der Waals surface area (Å²) in [4.78, 5) is 18.1. The second-order valence-electron chi connectivity index (χ2n) is 10.7. The number of nitrogens with one attached hydrogen (secondary N) is 1. The molecule has 1 fully saturated rings. The van der Waals surface area contributed by atoms with E-state index in [1.165, 1.54) is 11.1 Å². The van der Waals surface area contributed by atoms with E-state index in [-0.39, 0.29) is 23.4 Å². The molecule has 3 rings (SSSR count). The molecule has 1 aromatic carbocycles. The molecular formula is C26H37N3O2. The molecular weight excluding hydrogens is 386 g/mol. The number of aromatic nitrogens is 1. The molecule has 2 N–H and O–H groups in total. The lowest BCUT2D eigenvalue weighted by Crippen LogP contribution is -2.44. The highest BCUT2D eigenvalue weighted by Crippen LogP contribution is 2.36. The van der Waals surface area contributed by atoms with Crippen LogP contribution in [0.3, 0.4) is 0 Å². The SMILES string of the molecule is CC(C)(C)c1ccc(-c2cccc(N3CCC(NCC(=O)O)CC3)n2)cc1C(C)(C)C. The van der Waals surface area contributed by atoms with Gasteiger partial charge in [-0.15, -0.1) is 0 Å². The van der Waals surface area contributed by atoms with Crippen LogP contribution in [0.25, 0.3) is 11.3 Å². The number of piperidine rings is 1. The highest BCUT2D eigenvalue weighted by molar-refractivity contribution is 5.69. The van der Waals surface area contributed by atoms with Crippen LogP contribution < -0.4 is 10.2 Å². The Bertz CT molecular complexity index is 917. The summed E-state index contributed by atoms with van der Waals surface area (Å²) in [5.41, 5.74) is 5.05. The number of carboxylic acid groups (broad SMARTS) is 1. The zero-order valence-corrected chi connectivity index (χ0v) is 19.8. The van der Waals surface area contributed by atoms with Gasteiger partial charge in [0.1, 0.15) is 5.82 Å². The summed E-state index contributed by atoms with van der Waals surface area (Å²) in [5.74, 6) is 0.190. The molecule has 0 saturated carbocycles. The molecule has 1 aromatic heterocycles. The predicted molar refractivity (Wildman–Crippen MR) is 128 cm³/mol. The zero-order valence-electron chi connectivity index (χ0n) is 19.8. The van der Waals surface area contributed by atoms with Crippen LogP contribution >= 0.6 is 0 Å². The molecule has 0 atom stereocenters. The number of benzene rings is 1. The van der Waals surface area contributed by atoms with Crippen molar-refractivity contribution in [3.05, 3.63) is 47.5 Å². The normalized spacial score (nSPS) is 15.9. The fourth-order valence-corrected chi connectivity index (χ4v) is 4.28. The summed E-state index contributed by atoms with van der Waals surface area (Å²) in [6.45, 7) is 15.4. The predicted octanol–water partition coefficient (Wildman–Crippen LogP) is 4.99. The van der Waals surface area contributed by atoms with E-state index in [1.807, 2.05) is 0 Å². The molecule has 31 heavy (non-hydrogen) atoms. The van der Waals surface area contributed by atoms with Gasteiger partial charge in [0.25, 0.3) is 0 Å². The first-order chi connectivity index (χ1) is 14.4. The highest BCUT2D eigenvalue weighted by atomic mass is 16.4. The van der Waals surface area contributed by atoms with Gasteiger partial charge < -0.3 is 15.3 Å². The Balaban J connectivity index is 1.82. The number of rotatable bonds is 5. The first-order valence-electron chi connectivity index (χ1n) is 11.3.